The van der Waals surface area contributed by atoms with Crippen LogP contribution in [0.1, 0.15) is 23.2 Å². The van der Waals surface area contributed by atoms with Crippen LogP contribution in [-0.2, 0) is 9.47 Å². The van der Waals surface area contributed by atoms with Gasteiger partial charge in [0.1, 0.15) is 0 Å². The Kier molecular flexibility index (Phi) is 3.77. The summed E-state index contributed by atoms with van der Waals surface area (Å²) in [7, 11) is 0. The summed E-state index contributed by atoms with van der Waals surface area (Å²) in [6.45, 7) is 2.57. The minimum absolute atomic E-state index is 0.0724. The van der Waals surface area contributed by atoms with Crippen molar-refractivity contribution in [1.29, 1.82) is 0 Å². The molecule has 1 spiro atoms. The van der Waals surface area contributed by atoms with Crippen LogP contribution >= 0.6 is 22.6 Å². The van der Waals surface area contributed by atoms with Crippen LogP contribution < -0.4 is 0 Å². The van der Waals surface area contributed by atoms with E-state index in [4.69, 9.17) is 9.47 Å². The predicted molar refractivity (Wildman–Crippen MR) is 78.9 cm³/mol. The molecular weight excluding hydrogens is 357 g/mol. The molecule has 2 heterocycles. The highest BCUT2D eigenvalue weighted by atomic mass is 127. The fourth-order valence-corrected chi connectivity index (χ4v) is 3.32. The van der Waals surface area contributed by atoms with Gasteiger partial charge in [-0.1, -0.05) is 12.1 Å². The first-order valence-corrected chi connectivity index (χ1v) is 7.60. The summed E-state index contributed by atoms with van der Waals surface area (Å²) in [6.07, 6.45) is 1.80. The smallest absolute Gasteiger partial charge is 0.255 e. The molecule has 0 aromatic heterocycles. The highest BCUT2D eigenvalue weighted by molar-refractivity contribution is 14.1. The summed E-state index contributed by atoms with van der Waals surface area (Å²) < 4.78 is 12.4. The van der Waals surface area contributed by atoms with Crippen LogP contribution in [0.3, 0.4) is 0 Å². The second-order valence-electron chi connectivity index (χ2n) is 4.92. The van der Waals surface area contributed by atoms with Crippen LogP contribution in [-0.4, -0.2) is 42.9 Å². The number of likely N-dealkylation sites (tertiary alicyclic amines) is 1. The molecule has 2 fully saturated rings. The molecule has 0 radical (unpaired) electrons. The van der Waals surface area contributed by atoms with Crippen LogP contribution in [0.2, 0.25) is 0 Å². The maximum Gasteiger partial charge on any atom is 0.255 e. The van der Waals surface area contributed by atoms with Gasteiger partial charge in [0.15, 0.2) is 5.79 Å². The number of piperidine rings is 1. The van der Waals surface area contributed by atoms with Crippen molar-refractivity contribution < 1.29 is 14.3 Å². The van der Waals surface area contributed by atoms with E-state index < -0.39 is 5.79 Å². The quantitative estimate of drug-likeness (QED) is 0.709. The Bertz CT molecular complexity index is 485. The Labute approximate surface area is 126 Å². The molecule has 2 aliphatic rings. The van der Waals surface area contributed by atoms with Gasteiger partial charge in [-0.05, 0) is 41.1 Å². The molecule has 0 aliphatic carbocycles. The summed E-state index contributed by atoms with van der Waals surface area (Å²) in [5, 5.41) is 0. The molecule has 0 N–H and O–H groups in total. The second kappa shape index (κ2) is 5.38. The van der Waals surface area contributed by atoms with E-state index in [1.807, 2.05) is 29.2 Å². The lowest BCUT2D eigenvalue weighted by Crippen LogP contribution is -2.51. The van der Waals surface area contributed by atoms with Crippen LogP contribution in [0.15, 0.2) is 24.3 Å². The van der Waals surface area contributed by atoms with Crippen molar-refractivity contribution in [2.24, 2.45) is 0 Å². The number of nitrogens with zero attached hydrogens (tertiary/aromatic N) is 1. The van der Waals surface area contributed by atoms with E-state index in [-0.39, 0.29) is 5.91 Å². The molecule has 0 saturated carbocycles. The SMILES string of the molecule is O=C(c1ccccc1I)N1CCCC2(C1)OCCO2. The molecule has 2 saturated heterocycles. The summed E-state index contributed by atoms with van der Waals surface area (Å²) in [5.41, 5.74) is 0.762. The van der Waals surface area contributed by atoms with Crippen molar-refractivity contribution in [2.45, 2.75) is 18.6 Å². The monoisotopic (exact) mass is 373 g/mol. The number of benzene rings is 1. The van der Waals surface area contributed by atoms with Gasteiger partial charge in [-0.25, -0.2) is 0 Å². The van der Waals surface area contributed by atoms with E-state index in [1.165, 1.54) is 0 Å². The Morgan fingerprint density at radius 2 is 2.00 bits per heavy atom. The van der Waals surface area contributed by atoms with Gasteiger partial charge in [0, 0.05) is 16.5 Å². The van der Waals surface area contributed by atoms with Crippen molar-refractivity contribution in [3.63, 3.8) is 0 Å². The fourth-order valence-electron chi connectivity index (χ4n) is 2.70. The van der Waals surface area contributed by atoms with Gasteiger partial charge >= 0.3 is 0 Å². The summed E-state index contributed by atoms with van der Waals surface area (Å²) in [4.78, 5) is 14.4. The molecule has 1 aromatic carbocycles. The van der Waals surface area contributed by atoms with E-state index in [0.29, 0.717) is 19.8 Å². The number of hydrogen-bond donors (Lipinski definition) is 0. The van der Waals surface area contributed by atoms with Gasteiger partial charge in [-0.2, -0.15) is 0 Å². The molecule has 5 heteroatoms. The van der Waals surface area contributed by atoms with Crippen LogP contribution in [0.4, 0.5) is 0 Å². The number of amides is 1. The Balaban J connectivity index is 1.78. The lowest BCUT2D eigenvalue weighted by Gasteiger charge is -2.38. The van der Waals surface area contributed by atoms with Gasteiger partial charge < -0.3 is 14.4 Å². The molecule has 2 aliphatic heterocycles. The first kappa shape index (κ1) is 13.3. The molecule has 4 nitrogen and oxygen atoms in total. The molecule has 0 unspecified atom stereocenters. The fraction of sp³-hybridized carbons (Fsp3) is 0.500. The summed E-state index contributed by atoms with van der Waals surface area (Å²) >= 11 is 2.20. The molecule has 0 bridgehead atoms. The zero-order valence-corrected chi connectivity index (χ0v) is 12.8. The van der Waals surface area contributed by atoms with Gasteiger partial charge in [0.05, 0.1) is 25.3 Å². The normalized spacial score (nSPS) is 21.8. The molecule has 102 valence electrons. The lowest BCUT2D eigenvalue weighted by molar-refractivity contribution is -0.183. The van der Waals surface area contributed by atoms with Gasteiger partial charge in [0.2, 0.25) is 0 Å². The standard InChI is InChI=1S/C14H16INO3/c15-12-5-2-1-4-11(12)13(17)16-7-3-6-14(10-16)18-8-9-19-14/h1-2,4-5H,3,6-10H2. The number of ether oxygens (including phenoxy) is 2. The first-order chi connectivity index (χ1) is 9.20. The molecule has 1 amide bonds. The molecule has 1 aromatic rings. The number of carbonyl (C=O) groups excluding carboxylic acids is 1. The van der Waals surface area contributed by atoms with Crippen molar-refractivity contribution in [1.82, 2.24) is 4.90 Å². The Hall–Kier alpha value is -0.660. The zero-order valence-electron chi connectivity index (χ0n) is 10.6. The van der Waals surface area contributed by atoms with Crippen LogP contribution in [0.25, 0.3) is 0 Å². The highest BCUT2D eigenvalue weighted by Gasteiger charge is 2.42. The third-order valence-corrected chi connectivity index (χ3v) is 4.56. The minimum atomic E-state index is -0.547. The van der Waals surface area contributed by atoms with Crippen molar-refractivity contribution in [2.75, 3.05) is 26.3 Å². The van der Waals surface area contributed by atoms with E-state index in [1.54, 1.807) is 0 Å². The van der Waals surface area contributed by atoms with Gasteiger partial charge in [-0.15, -0.1) is 0 Å². The van der Waals surface area contributed by atoms with Crippen molar-refractivity contribution in [3.05, 3.63) is 33.4 Å². The molecular formula is C14H16INO3. The van der Waals surface area contributed by atoms with Crippen LogP contribution in [0.5, 0.6) is 0 Å². The third kappa shape index (κ3) is 2.64. The molecule has 3 rings (SSSR count). The van der Waals surface area contributed by atoms with E-state index in [9.17, 15) is 4.79 Å². The van der Waals surface area contributed by atoms with E-state index >= 15 is 0 Å². The maximum absolute atomic E-state index is 12.6. The first-order valence-electron chi connectivity index (χ1n) is 6.52. The maximum atomic E-state index is 12.6. The average Bonchev–Trinajstić information content (AvgIpc) is 2.86. The number of hydrogen-bond acceptors (Lipinski definition) is 3. The van der Waals surface area contributed by atoms with Gasteiger partial charge in [0.25, 0.3) is 5.91 Å². The van der Waals surface area contributed by atoms with Crippen LogP contribution in [0, 0.1) is 3.57 Å². The average molecular weight is 373 g/mol. The van der Waals surface area contributed by atoms with Crippen molar-refractivity contribution in [3.8, 4) is 0 Å². The van der Waals surface area contributed by atoms with E-state index in [0.717, 1.165) is 28.5 Å². The number of carbonyl (C=O) groups is 1. The predicted octanol–water partition coefficient (Wildman–Crippen LogP) is 2.27. The third-order valence-electron chi connectivity index (χ3n) is 3.62. The Morgan fingerprint density at radius 1 is 1.26 bits per heavy atom. The highest BCUT2D eigenvalue weighted by Crippen LogP contribution is 2.31. The lowest BCUT2D eigenvalue weighted by atomic mass is 10.0. The largest absolute Gasteiger partial charge is 0.346 e. The topological polar surface area (TPSA) is 38.8 Å². The minimum Gasteiger partial charge on any atom is -0.346 e. The number of halogens is 1. The summed E-state index contributed by atoms with van der Waals surface area (Å²) in [5.74, 6) is -0.475. The van der Waals surface area contributed by atoms with Gasteiger partial charge in [-0.3, -0.25) is 4.79 Å². The van der Waals surface area contributed by atoms with Crippen molar-refractivity contribution >= 4 is 28.5 Å². The summed E-state index contributed by atoms with van der Waals surface area (Å²) in [6, 6.07) is 7.68. The number of rotatable bonds is 1. The van der Waals surface area contributed by atoms with E-state index in [2.05, 4.69) is 22.6 Å². The zero-order chi connectivity index (χ0) is 13.3. The molecule has 19 heavy (non-hydrogen) atoms. The molecule has 0 atom stereocenters. The Morgan fingerprint density at radius 3 is 2.74 bits per heavy atom. The second-order valence-corrected chi connectivity index (χ2v) is 6.08.